The number of benzene rings is 1. The van der Waals surface area contributed by atoms with Crippen LogP contribution in [0.5, 0.6) is 5.75 Å². The number of hydrogen-bond donors (Lipinski definition) is 0. The van der Waals surface area contributed by atoms with Gasteiger partial charge >= 0.3 is 0 Å². The van der Waals surface area contributed by atoms with Crippen molar-refractivity contribution in [2.75, 3.05) is 27.4 Å². The highest BCUT2D eigenvalue weighted by atomic mass is 32.2. The Morgan fingerprint density at radius 3 is 2.82 bits per heavy atom. The van der Waals surface area contributed by atoms with Gasteiger partial charge in [0.05, 0.1) is 24.2 Å². The highest BCUT2D eigenvalue weighted by Gasteiger charge is 2.47. The van der Waals surface area contributed by atoms with E-state index in [9.17, 15) is 8.42 Å². The van der Waals surface area contributed by atoms with Crippen molar-refractivity contribution >= 4 is 10.0 Å². The predicted octanol–water partition coefficient (Wildman–Crippen LogP) is 1.26. The van der Waals surface area contributed by atoms with Crippen molar-refractivity contribution in [2.24, 2.45) is 0 Å². The molecule has 0 unspecified atom stereocenters. The van der Waals surface area contributed by atoms with Crippen molar-refractivity contribution in [1.29, 1.82) is 0 Å². The molecule has 0 N–H and O–H groups in total. The number of rotatable bonds is 4. The van der Waals surface area contributed by atoms with Crippen LogP contribution in [0, 0.1) is 0 Å². The molecule has 0 radical (unpaired) electrons. The number of nitrogens with zero attached hydrogens (tertiary/aromatic N) is 1. The fourth-order valence-corrected chi connectivity index (χ4v) is 5.01. The molecule has 22 heavy (non-hydrogen) atoms. The van der Waals surface area contributed by atoms with E-state index in [-0.39, 0.29) is 23.1 Å². The monoisotopic (exact) mass is 327 g/mol. The Balaban J connectivity index is 1.91. The van der Waals surface area contributed by atoms with Crippen LogP contribution in [0.2, 0.25) is 0 Å². The summed E-state index contributed by atoms with van der Waals surface area (Å²) in [6.45, 7) is 1.02. The summed E-state index contributed by atoms with van der Waals surface area (Å²) in [6.07, 6.45) is 1.12. The van der Waals surface area contributed by atoms with Crippen molar-refractivity contribution in [3.05, 3.63) is 24.3 Å². The predicted molar refractivity (Wildman–Crippen MR) is 80.4 cm³/mol. The lowest BCUT2D eigenvalue weighted by Gasteiger charge is -2.39. The number of fused-ring (bicyclic) bond motifs is 1. The van der Waals surface area contributed by atoms with Gasteiger partial charge in [0.15, 0.2) is 0 Å². The summed E-state index contributed by atoms with van der Waals surface area (Å²) in [5.41, 5.74) is 0. The van der Waals surface area contributed by atoms with Crippen LogP contribution in [0.15, 0.2) is 29.2 Å². The molecule has 3 rings (SSSR count). The van der Waals surface area contributed by atoms with Crippen LogP contribution >= 0.6 is 0 Å². The first-order valence-electron chi connectivity index (χ1n) is 7.38. The maximum Gasteiger partial charge on any atom is 0.243 e. The van der Waals surface area contributed by atoms with E-state index in [0.29, 0.717) is 31.7 Å². The van der Waals surface area contributed by atoms with Gasteiger partial charge in [-0.2, -0.15) is 4.31 Å². The van der Waals surface area contributed by atoms with Crippen LogP contribution < -0.4 is 4.74 Å². The molecule has 2 saturated heterocycles. The standard InChI is InChI=1S/C15H21NO5S/c1-19-11-4-3-5-12(10-11)22(17,18)16-8-6-14(20-2)15-13(16)7-9-21-15/h3-5,10,13-15H,6-9H2,1-2H3/t13-,14+,15-/m0/s1. The van der Waals surface area contributed by atoms with E-state index in [2.05, 4.69) is 0 Å². The largest absolute Gasteiger partial charge is 0.497 e. The first-order chi connectivity index (χ1) is 10.6. The molecule has 0 spiro atoms. The molecule has 0 aliphatic carbocycles. The summed E-state index contributed by atoms with van der Waals surface area (Å²) < 4.78 is 43.8. The second-order valence-corrected chi connectivity index (χ2v) is 7.44. The average molecular weight is 327 g/mol. The van der Waals surface area contributed by atoms with Gasteiger partial charge in [-0.1, -0.05) is 6.07 Å². The van der Waals surface area contributed by atoms with Crippen molar-refractivity contribution in [2.45, 2.75) is 36.0 Å². The quantitative estimate of drug-likeness (QED) is 0.833. The summed E-state index contributed by atoms with van der Waals surface area (Å²) >= 11 is 0. The zero-order chi connectivity index (χ0) is 15.7. The lowest BCUT2D eigenvalue weighted by atomic mass is 9.98. The lowest BCUT2D eigenvalue weighted by molar-refractivity contribution is -0.0668. The van der Waals surface area contributed by atoms with E-state index < -0.39 is 10.0 Å². The Labute approximate surface area is 131 Å². The number of hydrogen-bond acceptors (Lipinski definition) is 5. The van der Waals surface area contributed by atoms with Crippen LogP contribution in [0.3, 0.4) is 0 Å². The van der Waals surface area contributed by atoms with Gasteiger partial charge in [0, 0.05) is 26.3 Å². The minimum Gasteiger partial charge on any atom is -0.497 e. The fraction of sp³-hybridized carbons (Fsp3) is 0.600. The Morgan fingerprint density at radius 1 is 1.27 bits per heavy atom. The molecule has 1 aromatic rings. The molecule has 0 bridgehead atoms. The zero-order valence-electron chi connectivity index (χ0n) is 12.8. The van der Waals surface area contributed by atoms with E-state index in [1.54, 1.807) is 35.7 Å². The van der Waals surface area contributed by atoms with Crippen molar-refractivity contribution < 1.29 is 22.6 Å². The van der Waals surface area contributed by atoms with Crippen LogP contribution in [0.1, 0.15) is 12.8 Å². The van der Waals surface area contributed by atoms with Crippen LogP contribution in [0.4, 0.5) is 0 Å². The summed E-state index contributed by atoms with van der Waals surface area (Å²) in [5.74, 6) is 0.534. The molecule has 0 aromatic heterocycles. The third kappa shape index (κ3) is 2.62. The first kappa shape index (κ1) is 15.7. The second-order valence-electron chi connectivity index (χ2n) is 5.55. The van der Waals surface area contributed by atoms with Crippen LogP contribution in [-0.2, 0) is 19.5 Å². The van der Waals surface area contributed by atoms with Gasteiger partial charge in [-0.25, -0.2) is 8.42 Å². The van der Waals surface area contributed by atoms with Gasteiger partial charge in [-0.3, -0.25) is 0 Å². The third-order valence-corrected chi connectivity index (χ3v) is 6.34. The Bertz CT molecular complexity index is 633. The highest BCUT2D eigenvalue weighted by Crippen LogP contribution is 2.34. The average Bonchev–Trinajstić information content (AvgIpc) is 3.03. The summed E-state index contributed by atoms with van der Waals surface area (Å²) in [7, 11) is -0.390. The van der Waals surface area contributed by atoms with Gasteiger partial charge in [0.25, 0.3) is 0 Å². The molecule has 2 aliphatic heterocycles. The smallest absolute Gasteiger partial charge is 0.243 e. The number of ether oxygens (including phenoxy) is 3. The lowest BCUT2D eigenvalue weighted by Crippen LogP contribution is -2.54. The Kier molecular flexibility index (Phi) is 4.40. The topological polar surface area (TPSA) is 65.1 Å². The van der Waals surface area contributed by atoms with E-state index in [4.69, 9.17) is 14.2 Å². The first-order valence-corrected chi connectivity index (χ1v) is 8.82. The number of methoxy groups -OCH3 is 2. The Hall–Kier alpha value is -1.15. The van der Waals surface area contributed by atoms with Crippen LogP contribution in [0.25, 0.3) is 0 Å². The fourth-order valence-electron chi connectivity index (χ4n) is 3.30. The minimum absolute atomic E-state index is 0.0377. The third-order valence-electron chi connectivity index (χ3n) is 4.42. The summed E-state index contributed by atoms with van der Waals surface area (Å²) in [6, 6.07) is 6.43. The molecule has 2 fully saturated rings. The van der Waals surface area contributed by atoms with Crippen LogP contribution in [-0.4, -0.2) is 58.3 Å². The van der Waals surface area contributed by atoms with Gasteiger partial charge in [0.2, 0.25) is 10.0 Å². The SMILES string of the molecule is COc1cccc(S(=O)(=O)N2CC[C@@H](OC)[C@H]3OCC[C@@H]32)c1. The molecular weight excluding hydrogens is 306 g/mol. The Morgan fingerprint density at radius 2 is 2.09 bits per heavy atom. The van der Waals surface area contributed by atoms with Crippen molar-refractivity contribution in [1.82, 2.24) is 4.31 Å². The maximum absolute atomic E-state index is 13.0. The molecule has 0 saturated carbocycles. The van der Waals surface area contributed by atoms with Gasteiger partial charge in [0.1, 0.15) is 11.9 Å². The normalized spacial score (nSPS) is 29.3. The molecule has 2 heterocycles. The second kappa shape index (κ2) is 6.16. The molecule has 122 valence electrons. The highest BCUT2D eigenvalue weighted by molar-refractivity contribution is 7.89. The molecule has 3 atom stereocenters. The maximum atomic E-state index is 13.0. The van der Waals surface area contributed by atoms with E-state index in [0.717, 1.165) is 0 Å². The molecule has 6 nitrogen and oxygen atoms in total. The molecular formula is C15H21NO5S. The van der Waals surface area contributed by atoms with Crippen molar-refractivity contribution in [3.8, 4) is 5.75 Å². The van der Waals surface area contributed by atoms with E-state index >= 15 is 0 Å². The number of sulfonamides is 1. The van der Waals surface area contributed by atoms with Crippen molar-refractivity contribution in [3.63, 3.8) is 0 Å². The summed E-state index contributed by atoms with van der Waals surface area (Å²) in [4.78, 5) is 0.258. The van der Waals surface area contributed by atoms with E-state index in [1.165, 1.54) is 7.11 Å². The minimum atomic E-state index is -3.56. The van der Waals surface area contributed by atoms with Gasteiger partial charge < -0.3 is 14.2 Å². The molecule has 0 amide bonds. The molecule has 7 heteroatoms. The van der Waals surface area contributed by atoms with Gasteiger partial charge in [-0.15, -0.1) is 0 Å². The van der Waals surface area contributed by atoms with E-state index in [1.807, 2.05) is 0 Å². The molecule has 2 aliphatic rings. The molecule has 1 aromatic carbocycles. The number of piperidine rings is 1. The zero-order valence-corrected chi connectivity index (χ0v) is 13.6. The summed E-state index contributed by atoms with van der Waals surface area (Å²) in [5, 5.41) is 0. The van der Waals surface area contributed by atoms with Gasteiger partial charge in [-0.05, 0) is 25.0 Å².